The summed E-state index contributed by atoms with van der Waals surface area (Å²) in [7, 11) is 0. The highest BCUT2D eigenvalue weighted by Crippen LogP contribution is 2.22. The summed E-state index contributed by atoms with van der Waals surface area (Å²) in [6, 6.07) is 8.67. The van der Waals surface area contributed by atoms with Crippen molar-refractivity contribution in [3.8, 4) is 5.75 Å². The van der Waals surface area contributed by atoms with E-state index in [1.54, 1.807) is 11.8 Å². The second-order valence-corrected chi connectivity index (χ2v) is 7.19. The van der Waals surface area contributed by atoms with E-state index in [-0.39, 0.29) is 0 Å². The number of carbonyl (C=O) groups excluding carboxylic acids is 1. The Kier molecular flexibility index (Phi) is 5.84. The van der Waals surface area contributed by atoms with Crippen LogP contribution in [0.1, 0.15) is 25.7 Å². The van der Waals surface area contributed by atoms with Gasteiger partial charge in [-0.25, -0.2) is 0 Å². The lowest BCUT2D eigenvalue weighted by atomic mass is 10.0. The molecular weight excluding hydrogens is 308 g/mol. The largest absolute Gasteiger partial charge is 0.492 e. The van der Waals surface area contributed by atoms with Crippen LogP contribution in [0, 0.1) is 0 Å². The molecule has 0 aromatic heterocycles. The van der Waals surface area contributed by atoms with E-state index in [0.29, 0.717) is 18.6 Å². The fourth-order valence-electron chi connectivity index (χ4n) is 3.51. The molecule has 5 heteroatoms. The lowest BCUT2D eigenvalue weighted by Crippen LogP contribution is -2.49. The number of nitrogens with zero attached hydrogens (tertiary/aromatic N) is 2. The van der Waals surface area contributed by atoms with E-state index in [4.69, 9.17) is 4.74 Å². The number of rotatable bonds is 6. The van der Waals surface area contributed by atoms with Gasteiger partial charge in [0.1, 0.15) is 12.4 Å². The number of piperidine rings is 1. The summed E-state index contributed by atoms with van der Waals surface area (Å²) < 4.78 is 5.86. The Morgan fingerprint density at radius 3 is 2.74 bits per heavy atom. The first-order valence-electron chi connectivity index (χ1n) is 8.55. The summed E-state index contributed by atoms with van der Waals surface area (Å²) in [5.74, 6) is 1.29. The number of benzene rings is 1. The molecule has 23 heavy (non-hydrogen) atoms. The van der Waals surface area contributed by atoms with Crippen molar-refractivity contribution in [2.75, 3.05) is 39.0 Å². The maximum absolute atomic E-state index is 11.9. The van der Waals surface area contributed by atoms with Gasteiger partial charge in [0, 0.05) is 37.0 Å². The van der Waals surface area contributed by atoms with Crippen molar-refractivity contribution in [1.29, 1.82) is 0 Å². The Labute approximate surface area is 143 Å². The van der Waals surface area contributed by atoms with Gasteiger partial charge in [0.25, 0.3) is 0 Å². The average Bonchev–Trinajstić information content (AvgIpc) is 3.02. The van der Waals surface area contributed by atoms with E-state index in [1.165, 1.54) is 11.3 Å². The predicted molar refractivity (Wildman–Crippen MR) is 94.1 cm³/mol. The topological polar surface area (TPSA) is 32.8 Å². The second kappa shape index (κ2) is 8.06. The van der Waals surface area contributed by atoms with Gasteiger partial charge < -0.3 is 9.64 Å². The fraction of sp³-hybridized carbons (Fsp3) is 0.611. The number of carbonyl (C=O) groups is 1. The molecule has 1 amide bonds. The van der Waals surface area contributed by atoms with E-state index < -0.39 is 0 Å². The molecule has 2 saturated heterocycles. The van der Waals surface area contributed by atoms with Crippen molar-refractivity contribution in [1.82, 2.24) is 9.80 Å². The van der Waals surface area contributed by atoms with Crippen LogP contribution in [-0.4, -0.2) is 60.8 Å². The molecule has 0 radical (unpaired) electrons. The first kappa shape index (κ1) is 16.7. The van der Waals surface area contributed by atoms with Crippen molar-refractivity contribution in [2.45, 2.75) is 36.6 Å². The SMILES string of the molecule is CSc1ccc(OCCN2CCC[C@H](N3CCCC3=O)C2)cc1. The zero-order chi connectivity index (χ0) is 16.1. The minimum absolute atomic E-state index is 0.349. The number of hydrogen-bond acceptors (Lipinski definition) is 4. The molecule has 0 N–H and O–H groups in total. The van der Waals surface area contributed by atoms with Gasteiger partial charge in [-0.05, 0) is 56.3 Å². The van der Waals surface area contributed by atoms with Crippen LogP contribution in [0.15, 0.2) is 29.2 Å². The van der Waals surface area contributed by atoms with Crippen molar-refractivity contribution >= 4 is 17.7 Å². The van der Waals surface area contributed by atoms with Crippen molar-refractivity contribution in [2.24, 2.45) is 0 Å². The number of hydrogen-bond donors (Lipinski definition) is 0. The first-order chi connectivity index (χ1) is 11.3. The molecule has 1 atom stereocenters. The highest BCUT2D eigenvalue weighted by molar-refractivity contribution is 7.98. The molecule has 3 rings (SSSR count). The number of ether oxygens (including phenoxy) is 1. The molecule has 2 heterocycles. The minimum atomic E-state index is 0.349. The van der Waals surface area contributed by atoms with Crippen LogP contribution in [0.3, 0.4) is 0 Å². The van der Waals surface area contributed by atoms with Gasteiger partial charge in [-0.2, -0.15) is 0 Å². The molecule has 0 unspecified atom stereocenters. The fourth-order valence-corrected chi connectivity index (χ4v) is 3.92. The molecule has 126 valence electrons. The molecule has 1 aromatic rings. The van der Waals surface area contributed by atoms with E-state index in [2.05, 4.69) is 28.2 Å². The lowest BCUT2D eigenvalue weighted by Gasteiger charge is -2.37. The molecule has 0 aliphatic carbocycles. The Balaban J connectivity index is 1.43. The van der Waals surface area contributed by atoms with Gasteiger partial charge >= 0.3 is 0 Å². The smallest absolute Gasteiger partial charge is 0.222 e. The summed E-state index contributed by atoms with van der Waals surface area (Å²) in [4.78, 5) is 17.7. The Hall–Kier alpha value is -1.20. The molecule has 2 aliphatic heterocycles. The van der Waals surface area contributed by atoms with E-state index in [0.717, 1.165) is 51.2 Å². The predicted octanol–water partition coefficient (Wildman–Crippen LogP) is 2.87. The van der Waals surface area contributed by atoms with Crippen LogP contribution >= 0.6 is 11.8 Å². The standard InChI is InChI=1S/C18H26N2O2S/c1-23-17-8-6-16(7-9-17)22-13-12-19-10-2-4-15(14-19)20-11-3-5-18(20)21/h6-9,15H,2-5,10-14H2,1H3/t15-/m0/s1. The second-order valence-electron chi connectivity index (χ2n) is 6.31. The van der Waals surface area contributed by atoms with Gasteiger partial charge in [-0.15, -0.1) is 11.8 Å². The van der Waals surface area contributed by atoms with Crippen molar-refractivity contribution in [3.63, 3.8) is 0 Å². The molecule has 4 nitrogen and oxygen atoms in total. The minimum Gasteiger partial charge on any atom is -0.492 e. The molecule has 0 spiro atoms. The van der Waals surface area contributed by atoms with Gasteiger partial charge in [-0.3, -0.25) is 9.69 Å². The quantitative estimate of drug-likeness (QED) is 0.749. The Morgan fingerprint density at radius 2 is 2.04 bits per heavy atom. The maximum Gasteiger partial charge on any atom is 0.222 e. The van der Waals surface area contributed by atoms with Gasteiger partial charge in [-0.1, -0.05) is 0 Å². The molecule has 1 aromatic carbocycles. The van der Waals surface area contributed by atoms with Crippen molar-refractivity contribution < 1.29 is 9.53 Å². The Morgan fingerprint density at radius 1 is 1.22 bits per heavy atom. The molecule has 0 saturated carbocycles. The van der Waals surface area contributed by atoms with Gasteiger partial charge in [0.2, 0.25) is 5.91 Å². The highest BCUT2D eigenvalue weighted by Gasteiger charge is 2.31. The number of amides is 1. The van der Waals surface area contributed by atoms with E-state index >= 15 is 0 Å². The lowest BCUT2D eigenvalue weighted by molar-refractivity contribution is -0.130. The third-order valence-corrected chi connectivity index (χ3v) is 5.51. The summed E-state index contributed by atoms with van der Waals surface area (Å²) in [5, 5.41) is 0. The van der Waals surface area contributed by atoms with Crippen LogP contribution < -0.4 is 4.74 Å². The summed E-state index contributed by atoms with van der Waals surface area (Å²) >= 11 is 1.74. The summed E-state index contributed by atoms with van der Waals surface area (Å²) in [6.45, 7) is 4.71. The zero-order valence-corrected chi connectivity index (χ0v) is 14.7. The molecular formula is C18H26N2O2S. The molecule has 0 bridgehead atoms. The van der Waals surface area contributed by atoms with Gasteiger partial charge in [0.05, 0.1) is 0 Å². The number of thioether (sulfide) groups is 1. The van der Waals surface area contributed by atoms with Crippen LogP contribution in [-0.2, 0) is 4.79 Å². The molecule has 2 fully saturated rings. The summed E-state index contributed by atoms with van der Waals surface area (Å²) in [5.41, 5.74) is 0. The first-order valence-corrected chi connectivity index (χ1v) is 9.77. The molecule has 2 aliphatic rings. The van der Waals surface area contributed by atoms with Gasteiger partial charge in [0.15, 0.2) is 0 Å². The zero-order valence-electron chi connectivity index (χ0n) is 13.9. The van der Waals surface area contributed by atoms with Crippen LogP contribution in [0.25, 0.3) is 0 Å². The van der Waals surface area contributed by atoms with Crippen LogP contribution in [0.2, 0.25) is 0 Å². The highest BCUT2D eigenvalue weighted by atomic mass is 32.2. The van der Waals surface area contributed by atoms with Crippen LogP contribution in [0.5, 0.6) is 5.75 Å². The van der Waals surface area contributed by atoms with E-state index in [1.807, 2.05) is 12.1 Å². The monoisotopic (exact) mass is 334 g/mol. The van der Waals surface area contributed by atoms with Crippen molar-refractivity contribution in [3.05, 3.63) is 24.3 Å². The summed E-state index contributed by atoms with van der Waals surface area (Å²) in [6.07, 6.45) is 6.18. The maximum atomic E-state index is 11.9. The van der Waals surface area contributed by atoms with Crippen LogP contribution in [0.4, 0.5) is 0 Å². The third-order valence-electron chi connectivity index (χ3n) is 4.77. The Bertz CT molecular complexity index is 520. The van der Waals surface area contributed by atoms with E-state index in [9.17, 15) is 4.79 Å². The average molecular weight is 334 g/mol. The number of likely N-dealkylation sites (tertiary alicyclic amines) is 2. The third kappa shape index (κ3) is 4.42. The normalized spacial score (nSPS) is 22.6.